The Morgan fingerprint density at radius 1 is 0.871 bits per heavy atom. The number of carbonyl (C=O) groups excluding carboxylic acids is 1. The van der Waals surface area contributed by atoms with Crippen LogP contribution in [0.15, 0.2) is 64.4 Å². The minimum Gasteiger partial charge on any atom is -0.356 e. The van der Waals surface area contributed by atoms with Crippen molar-refractivity contribution in [3.05, 3.63) is 60.2 Å². The number of rotatable bonds is 10. The van der Waals surface area contributed by atoms with E-state index in [1.54, 1.807) is 54.6 Å². The SMILES string of the molecule is O=C(CCc1ccc(S(=O)(=O)N2CCCC2)cc1)NCCCS(=O)(=O)c1ccccc1. The lowest BCUT2D eigenvalue weighted by atomic mass is 10.1. The molecule has 0 spiro atoms. The van der Waals surface area contributed by atoms with Gasteiger partial charge < -0.3 is 5.32 Å². The summed E-state index contributed by atoms with van der Waals surface area (Å²) in [6.07, 6.45) is 2.86. The van der Waals surface area contributed by atoms with Crippen molar-refractivity contribution in [1.82, 2.24) is 9.62 Å². The Labute approximate surface area is 184 Å². The molecule has 1 amide bonds. The van der Waals surface area contributed by atoms with Crippen molar-refractivity contribution in [2.75, 3.05) is 25.4 Å². The number of sulfonamides is 1. The van der Waals surface area contributed by atoms with Crippen molar-refractivity contribution in [3.8, 4) is 0 Å². The minimum absolute atomic E-state index is 0.0236. The smallest absolute Gasteiger partial charge is 0.243 e. The van der Waals surface area contributed by atoms with Crippen LogP contribution in [0, 0.1) is 0 Å². The molecule has 0 aromatic heterocycles. The molecular weight excluding hydrogens is 436 g/mol. The summed E-state index contributed by atoms with van der Waals surface area (Å²) in [6.45, 7) is 1.42. The van der Waals surface area contributed by atoms with E-state index in [2.05, 4.69) is 5.32 Å². The van der Waals surface area contributed by atoms with Crippen LogP contribution >= 0.6 is 0 Å². The average Bonchev–Trinajstić information content (AvgIpc) is 3.32. The second kappa shape index (κ2) is 10.4. The molecule has 0 bridgehead atoms. The number of amides is 1. The molecule has 1 fully saturated rings. The zero-order chi connectivity index (χ0) is 22.3. The Bertz CT molecular complexity index is 1080. The van der Waals surface area contributed by atoms with Crippen molar-refractivity contribution < 1.29 is 21.6 Å². The van der Waals surface area contributed by atoms with E-state index >= 15 is 0 Å². The fourth-order valence-electron chi connectivity index (χ4n) is 3.49. The lowest BCUT2D eigenvalue weighted by Gasteiger charge is -2.15. The zero-order valence-electron chi connectivity index (χ0n) is 17.4. The summed E-state index contributed by atoms with van der Waals surface area (Å²) in [6, 6.07) is 14.9. The monoisotopic (exact) mass is 464 g/mol. The summed E-state index contributed by atoms with van der Waals surface area (Å²) >= 11 is 0. The molecule has 2 aromatic rings. The maximum atomic E-state index is 12.5. The third-order valence-corrected chi connectivity index (χ3v) is 9.01. The van der Waals surface area contributed by atoms with Crippen LogP contribution in [-0.4, -0.2) is 52.4 Å². The van der Waals surface area contributed by atoms with E-state index in [1.165, 1.54) is 4.31 Å². The van der Waals surface area contributed by atoms with Crippen LogP contribution in [0.5, 0.6) is 0 Å². The number of hydrogen-bond donors (Lipinski definition) is 1. The maximum Gasteiger partial charge on any atom is 0.243 e. The normalized spacial score (nSPS) is 15.1. The van der Waals surface area contributed by atoms with Gasteiger partial charge in [-0.2, -0.15) is 4.31 Å². The van der Waals surface area contributed by atoms with Gasteiger partial charge >= 0.3 is 0 Å². The first-order valence-electron chi connectivity index (χ1n) is 10.4. The van der Waals surface area contributed by atoms with Crippen molar-refractivity contribution >= 4 is 25.8 Å². The molecule has 0 radical (unpaired) electrons. The maximum absolute atomic E-state index is 12.5. The van der Waals surface area contributed by atoms with E-state index in [0.717, 1.165) is 18.4 Å². The molecule has 0 unspecified atom stereocenters. The van der Waals surface area contributed by atoms with Gasteiger partial charge in [0.1, 0.15) is 0 Å². The van der Waals surface area contributed by atoms with Gasteiger partial charge in [0.05, 0.1) is 15.5 Å². The summed E-state index contributed by atoms with van der Waals surface area (Å²) in [4.78, 5) is 12.6. The van der Waals surface area contributed by atoms with Crippen molar-refractivity contribution in [2.45, 2.75) is 41.9 Å². The summed E-state index contributed by atoms with van der Waals surface area (Å²) in [5.41, 5.74) is 0.877. The Morgan fingerprint density at radius 3 is 2.16 bits per heavy atom. The largest absolute Gasteiger partial charge is 0.356 e. The number of carbonyl (C=O) groups is 1. The van der Waals surface area contributed by atoms with E-state index in [4.69, 9.17) is 0 Å². The highest BCUT2D eigenvalue weighted by molar-refractivity contribution is 7.91. The Kier molecular flexibility index (Phi) is 7.85. The quantitative estimate of drug-likeness (QED) is 0.544. The third-order valence-electron chi connectivity index (χ3n) is 5.28. The predicted molar refractivity (Wildman–Crippen MR) is 119 cm³/mol. The molecular formula is C22H28N2O5S2. The Balaban J connectivity index is 1.41. The molecule has 1 N–H and O–H groups in total. The lowest BCUT2D eigenvalue weighted by molar-refractivity contribution is -0.121. The molecule has 1 heterocycles. The van der Waals surface area contributed by atoms with Gasteiger partial charge in [0, 0.05) is 26.1 Å². The fourth-order valence-corrected chi connectivity index (χ4v) is 6.34. The summed E-state index contributed by atoms with van der Waals surface area (Å²) in [7, 11) is -6.77. The van der Waals surface area contributed by atoms with E-state index < -0.39 is 19.9 Å². The molecule has 0 aliphatic carbocycles. The van der Waals surface area contributed by atoms with Gasteiger partial charge in [-0.25, -0.2) is 16.8 Å². The van der Waals surface area contributed by atoms with Crippen LogP contribution in [0.3, 0.4) is 0 Å². The number of aryl methyl sites for hydroxylation is 1. The highest BCUT2D eigenvalue weighted by atomic mass is 32.2. The number of sulfone groups is 1. The molecule has 31 heavy (non-hydrogen) atoms. The second-order valence-electron chi connectivity index (χ2n) is 7.59. The van der Waals surface area contributed by atoms with E-state index in [0.29, 0.717) is 25.9 Å². The summed E-state index contributed by atoms with van der Waals surface area (Å²) in [5.74, 6) is -0.185. The molecule has 7 nitrogen and oxygen atoms in total. The first-order valence-corrected chi connectivity index (χ1v) is 13.5. The van der Waals surface area contributed by atoms with Gasteiger partial charge in [0.15, 0.2) is 9.84 Å². The van der Waals surface area contributed by atoms with Gasteiger partial charge in [0.25, 0.3) is 0 Å². The molecule has 3 rings (SSSR count). The van der Waals surface area contributed by atoms with Gasteiger partial charge in [-0.1, -0.05) is 30.3 Å². The number of nitrogens with one attached hydrogen (secondary N) is 1. The molecule has 0 saturated carbocycles. The van der Waals surface area contributed by atoms with Crippen LogP contribution in [0.4, 0.5) is 0 Å². The van der Waals surface area contributed by atoms with Crippen LogP contribution in [0.25, 0.3) is 0 Å². The lowest BCUT2D eigenvalue weighted by Crippen LogP contribution is -2.27. The summed E-state index contributed by atoms with van der Waals surface area (Å²) in [5, 5.41) is 2.74. The van der Waals surface area contributed by atoms with Crippen LogP contribution in [0.2, 0.25) is 0 Å². The molecule has 2 aromatic carbocycles. The molecule has 168 valence electrons. The number of nitrogens with zero attached hydrogens (tertiary/aromatic N) is 1. The van der Waals surface area contributed by atoms with Crippen molar-refractivity contribution in [3.63, 3.8) is 0 Å². The molecule has 0 atom stereocenters. The number of hydrogen-bond acceptors (Lipinski definition) is 5. The first kappa shape index (κ1) is 23.4. The average molecular weight is 465 g/mol. The predicted octanol–water partition coefficient (Wildman–Crippen LogP) is 2.38. The molecule has 1 aliphatic rings. The van der Waals surface area contributed by atoms with Crippen LogP contribution in [-0.2, 0) is 31.1 Å². The van der Waals surface area contributed by atoms with Crippen molar-refractivity contribution in [1.29, 1.82) is 0 Å². The van der Waals surface area contributed by atoms with Gasteiger partial charge in [-0.15, -0.1) is 0 Å². The van der Waals surface area contributed by atoms with E-state index in [9.17, 15) is 21.6 Å². The fraction of sp³-hybridized carbons (Fsp3) is 0.409. The van der Waals surface area contributed by atoms with E-state index in [1.807, 2.05) is 0 Å². The molecule has 1 aliphatic heterocycles. The second-order valence-corrected chi connectivity index (χ2v) is 11.6. The summed E-state index contributed by atoms with van der Waals surface area (Å²) < 4.78 is 51.0. The highest BCUT2D eigenvalue weighted by Gasteiger charge is 2.26. The highest BCUT2D eigenvalue weighted by Crippen LogP contribution is 2.21. The Morgan fingerprint density at radius 2 is 1.52 bits per heavy atom. The first-order chi connectivity index (χ1) is 14.8. The van der Waals surface area contributed by atoms with Crippen LogP contribution < -0.4 is 5.32 Å². The van der Waals surface area contributed by atoms with Crippen LogP contribution in [0.1, 0.15) is 31.2 Å². The zero-order valence-corrected chi connectivity index (χ0v) is 19.0. The van der Waals surface area contributed by atoms with Gasteiger partial charge in [-0.3, -0.25) is 4.79 Å². The van der Waals surface area contributed by atoms with E-state index in [-0.39, 0.29) is 34.4 Å². The van der Waals surface area contributed by atoms with Gasteiger partial charge in [0.2, 0.25) is 15.9 Å². The van der Waals surface area contributed by atoms with Gasteiger partial charge in [-0.05, 0) is 55.5 Å². The van der Waals surface area contributed by atoms with Crippen molar-refractivity contribution in [2.24, 2.45) is 0 Å². The molecule has 1 saturated heterocycles. The standard InChI is InChI=1S/C22H28N2O5S2/c25-22(23-15-6-18-30(26,27)20-7-2-1-3-8-20)14-11-19-9-12-21(13-10-19)31(28,29)24-16-4-5-17-24/h1-3,7-10,12-13H,4-6,11,14-18H2,(H,23,25). The topological polar surface area (TPSA) is 101 Å². The number of benzene rings is 2. The Hall–Kier alpha value is -2.23. The molecule has 9 heteroatoms. The third kappa shape index (κ3) is 6.38. The minimum atomic E-state index is -3.43.